The zero-order chi connectivity index (χ0) is 32.2. The van der Waals surface area contributed by atoms with Gasteiger partial charge in [0.25, 0.3) is 0 Å². The highest BCUT2D eigenvalue weighted by Gasteiger charge is 2.34. The van der Waals surface area contributed by atoms with E-state index in [0.29, 0.717) is 29.7 Å². The Hall–Kier alpha value is -4.30. The molecule has 0 aliphatic carbocycles. The molecule has 0 bridgehead atoms. The number of halogens is 3. The Morgan fingerprint density at radius 1 is 1.30 bits per heavy atom. The van der Waals surface area contributed by atoms with Crippen LogP contribution in [0.3, 0.4) is 0 Å². The van der Waals surface area contributed by atoms with Gasteiger partial charge in [-0.1, -0.05) is 13.0 Å². The molecule has 1 fully saturated rings. The quantitative estimate of drug-likeness (QED) is 0.206. The van der Waals surface area contributed by atoms with Gasteiger partial charge in [-0.2, -0.15) is 13.2 Å². The van der Waals surface area contributed by atoms with Crippen LogP contribution in [-0.4, -0.2) is 64.5 Å². The first-order valence-electron chi connectivity index (χ1n) is 14.0. The van der Waals surface area contributed by atoms with Crippen molar-refractivity contribution in [2.24, 2.45) is 10.9 Å². The number of carbonyl (C=O) groups is 2. The largest absolute Gasteiger partial charge is 0.477 e. The second-order valence-electron chi connectivity index (χ2n) is 10.4. The number of benzene rings is 1. The molecular formula is C30H33F3N6O4S. The van der Waals surface area contributed by atoms with Crippen LogP contribution in [-0.2, 0) is 12.7 Å². The first-order valence-corrected chi connectivity index (χ1v) is 14.8. The number of aromatic carboxylic acids is 1. The first-order chi connectivity index (χ1) is 20.9. The molecule has 3 heterocycles. The third-order valence-corrected chi connectivity index (χ3v) is 8.35. The van der Waals surface area contributed by atoms with Gasteiger partial charge in [0.05, 0.1) is 5.52 Å². The molecule has 10 nitrogen and oxygen atoms in total. The van der Waals surface area contributed by atoms with Gasteiger partial charge in [-0.15, -0.1) is 11.3 Å². The van der Waals surface area contributed by atoms with Gasteiger partial charge >= 0.3 is 18.2 Å². The first kappa shape index (κ1) is 32.6. The molecule has 234 valence electrons. The summed E-state index contributed by atoms with van der Waals surface area (Å²) in [5.74, 6) is -1.12. The number of urea groups is 1. The highest BCUT2D eigenvalue weighted by Crippen LogP contribution is 2.36. The molecule has 3 aromatic rings. The van der Waals surface area contributed by atoms with Crippen molar-refractivity contribution in [2.45, 2.75) is 39.9 Å². The Morgan fingerprint density at radius 3 is 2.64 bits per heavy atom. The lowest BCUT2D eigenvalue weighted by molar-refractivity contribution is -0.140. The Labute approximate surface area is 255 Å². The summed E-state index contributed by atoms with van der Waals surface area (Å²) >= 11 is 0.753. The number of fused-ring (bicyclic) bond motifs is 1. The fourth-order valence-electron chi connectivity index (χ4n) is 5.15. The van der Waals surface area contributed by atoms with Gasteiger partial charge in [-0.05, 0) is 75.3 Å². The van der Waals surface area contributed by atoms with Gasteiger partial charge in [0, 0.05) is 42.2 Å². The van der Waals surface area contributed by atoms with Crippen LogP contribution in [0.25, 0.3) is 22.0 Å². The second kappa shape index (κ2) is 13.6. The zero-order valence-electron chi connectivity index (χ0n) is 24.5. The monoisotopic (exact) mass is 630 g/mol. The standard InChI is InChI=1S/C30H33F3N6O4S/c1-5-35-29(43)37-25(34-4)12-20(27-36-24(16-44-27)30(31,32)33)17(3)19-7-8-23-21(11-19)26(40)22(28(41)42)15-39(23)14-18-9-10-38(6-2)13-18/h7-8,11-12,15-16,18H,4-6,9-10,13-14H2,1-3H3,(H,41,42)(H2,35,37,43)/b20-17-,25-12+. The fourth-order valence-corrected chi connectivity index (χ4v) is 6.05. The van der Waals surface area contributed by atoms with E-state index < -0.39 is 29.3 Å². The third-order valence-electron chi connectivity index (χ3n) is 7.48. The smallest absolute Gasteiger partial charge is 0.434 e. The molecule has 1 saturated heterocycles. The van der Waals surface area contributed by atoms with Crippen molar-refractivity contribution in [3.8, 4) is 0 Å². The molecule has 0 radical (unpaired) electrons. The molecule has 2 amide bonds. The molecule has 3 N–H and O–H groups in total. The number of hydrogen-bond donors (Lipinski definition) is 3. The summed E-state index contributed by atoms with van der Waals surface area (Å²) in [5, 5.41) is 15.9. The number of rotatable bonds is 10. The van der Waals surface area contributed by atoms with Crippen LogP contribution >= 0.6 is 11.3 Å². The molecule has 4 rings (SSSR count). The number of carboxylic acids is 1. The summed E-state index contributed by atoms with van der Waals surface area (Å²) < 4.78 is 42.1. The van der Waals surface area contributed by atoms with E-state index in [1.807, 2.05) is 0 Å². The number of likely N-dealkylation sites (tertiary alicyclic amines) is 1. The highest BCUT2D eigenvalue weighted by atomic mass is 32.1. The summed E-state index contributed by atoms with van der Waals surface area (Å²) in [7, 11) is 0. The van der Waals surface area contributed by atoms with Crippen molar-refractivity contribution in [1.29, 1.82) is 0 Å². The average molecular weight is 631 g/mol. The van der Waals surface area contributed by atoms with E-state index in [1.54, 1.807) is 30.5 Å². The lowest BCUT2D eigenvalue weighted by Crippen LogP contribution is -2.34. The normalized spacial score (nSPS) is 16.6. The molecule has 1 aliphatic heterocycles. The van der Waals surface area contributed by atoms with E-state index in [2.05, 4.69) is 39.2 Å². The Balaban J connectivity index is 1.89. The number of nitrogens with zero attached hydrogens (tertiary/aromatic N) is 4. The number of amides is 2. The van der Waals surface area contributed by atoms with E-state index >= 15 is 0 Å². The van der Waals surface area contributed by atoms with Crippen molar-refractivity contribution in [3.63, 3.8) is 0 Å². The minimum Gasteiger partial charge on any atom is -0.477 e. The van der Waals surface area contributed by atoms with Gasteiger partial charge < -0.3 is 19.9 Å². The van der Waals surface area contributed by atoms with Crippen molar-refractivity contribution in [3.05, 3.63) is 73.7 Å². The third kappa shape index (κ3) is 7.25. The second-order valence-corrected chi connectivity index (χ2v) is 11.2. The molecule has 14 heteroatoms. The van der Waals surface area contributed by atoms with E-state index in [9.17, 15) is 32.7 Å². The summed E-state index contributed by atoms with van der Waals surface area (Å²) in [6.45, 7) is 12.4. The number of alkyl halides is 3. The van der Waals surface area contributed by atoms with Crippen LogP contribution in [0.2, 0.25) is 0 Å². The topological polar surface area (TPSA) is 129 Å². The number of hydrogen-bond acceptors (Lipinski definition) is 7. The van der Waals surface area contributed by atoms with Gasteiger partial charge in [-0.25, -0.2) is 19.6 Å². The maximum atomic E-state index is 13.5. The van der Waals surface area contributed by atoms with Crippen LogP contribution in [0.5, 0.6) is 0 Å². The van der Waals surface area contributed by atoms with E-state index in [1.165, 1.54) is 18.3 Å². The number of carboxylic acid groups (broad SMARTS) is 1. The summed E-state index contributed by atoms with van der Waals surface area (Å²) in [4.78, 5) is 47.5. The summed E-state index contributed by atoms with van der Waals surface area (Å²) in [5.41, 5.74) is -0.527. The van der Waals surface area contributed by atoms with E-state index in [4.69, 9.17) is 0 Å². The van der Waals surface area contributed by atoms with Crippen molar-refractivity contribution in [2.75, 3.05) is 26.2 Å². The lowest BCUT2D eigenvalue weighted by Gasteiger charge is -2.18. The molecule has 2 aromatic heterocycles. The maximum absolute atomic E-state index is 13.5. The van der Waals surface area contributed by atoms with Crippen molar-refractivity contribution in [1.82, 2.24) is 25.1 Å². The van der Waals surface area contributed by atoms with Gasteiger partial charge in [0.2, 0.25) is 5.43 Å². The number of aliphatic imine (C=N–C) groups is 1. The van der Waals surface area contributed by atoms with Gasteiger partial charge in [0.1, 0.15) is 16.4 Å². The predicted molar refractivity (Wildman–Crippen MR) is 165 cm³/mol. The minimum atomic E-state index is -4.68. The fraction of sp³-hybridized carbons (Fsp3) is 0.367. The summed E-state index contributed by atoms with van der Waals surface area (Å²) in [6.07, 6.45) is -1.00. The predicted octanol–water partition coefficient (Wildman–Crippen LogP) is 5.31. The molecule has 1 aromatic carbocycles. The van der Waals surface area contributed by atoms with Crippen LogP contribution < -0.4 is 16.1 Å². The van der Waals surface area contributed by atoms with Crippen molar-refractivity contribution >= 4 is 52.1 Å². The molecule has 44 heavy (non-hydrogen) atoms. The Bertz CT molecular complexity index is 1710. The van der Waals surface area contributed by atoms with Crippen molar-refractivity contribution < 1.29 is 27.9 Å². The molecular weight excluding hydrogens is 597 g/mol. The van der Waals surface area contributed by atoms with Crippen LogP contribution in [0, 0.1) is 5.92 Å². The SMILES string of the molecule is C=N/C(=C\C(=C(/C)c1ccc2c(c1)c(=O)c(C(=O)O)cn2CC1CCN(CC)C1)c1nc(C(F)(F)F)cs1)NC(=O)NCC. The molecule has 0 saturated carbocycles. The summed E-state index contributed by atoms with van der Waals surface area (Å²) in [6, 6.07) is 4.37. The van der Waals surface area contributed by atoms with Crippen LogP contribution in [0.4, 0.5) is 18.0 Å². The molecule has 0 spiro atoms. The highest BCUT2D eigenvalue weighted by molar-refractivity contribution is 7.11. The van der Waals surface area contributed by atoms with Gasteiger partial charge in [0.15, 0.2) is 5.69 Å². The Kier molecular flexibility index (Phi) is 10.0. The van der Waals surface area contributed by atoms with Gasteiger partial charge in [-0.3, -0.25) is 10.1 Å². The number of pyridine rings is 1. The number of carbonyl (C=O) groups excluding carboxylic acids is 1. The molecule has 1 atom stereocenters. The average Bonchev–Trinajstić information content (AvgIpc) is 3.66. The van der Waals surface area contributed by atoms with Crippen LogP contribution in [0.15, 0.2) is 51.5 Å². The minimum absolute atomic E-state index is 0.00724. The maximum Gasteiger partial charge on any atom is 0.434 e. The number of aromatic nitrogens is 2. The number of nitrogens with one attached hydrogen (secondary N) is 2. The molecule has 1 aliphatic rings. The van der Waals surface area contributed by atoms with Crippen LogP contribution in [0.1, 0.15) is 53.8 Å². The zero-order valence-corrected chi connectivity index (χ0v) is 25.3. The lowest BCUT2D eigenvalue weighted by atomic mass is 9.98. The van der Waals surface area contributed by atoms with E-state index in [0.717, 1.165) is 42.8 Å². The number of allylic oxidation sites excluding steroid dienone is 3. The number of thiazole rings is 1. The Morgan fingerprint density at radius 2 is 2.05 bits per heavy atom. The van der Waals surface area contributed by atoms with E-state index in [-0.39, 0.29) is 33.3 Å². The molecule has 1 unspecified atom stereocenters.